The molecule has 1 N–H and O–H groups in total. The zero-order valence-electron chi connectivity index (χ0n) is 8.68. The van der Waals surface area contributed by atoms with E-state index in [-0.39, 0.29) is 0 Å². The first-order valence-corrected chi connectivity index (χ1v) is 6.56. The van der Waals surface area contributed by atoms with E-state index in [1.54, 1.807) is 10.4 Å². The van der Waals surface area contributed by atoms with Crippen LogP contribution in [0.15, 0.2) is 11.4 Å². The molecule has 0 radical (unpaired) electrons. The molecule has 1 aliphatic carbocycles. The summed E-state index contributed by atoms with van der Waals surface area (Å²) in [6, 6.07) is 2.33. The van der Waals surface area contributed by atoms with Crippen LogP contribution in [0, 0.1) is 5.92 Å². The Balaban J connectivity index is 2.07. The summed E-state index contributed by atoms with van der Waals surface area (Å²) in [5.74, 6) is 0.921. The zero-order valence-corrected chi connectivity index (χ0v) is 9.49. The molecule has 2 heterocycles. The van der Waals surface area contributed by atoms with Crippen LogP contribution in [0.4, 0.5) is 0 Å². The maximum atomic E-state index is 3.80. The monoisotopic (exact) mass is 207 g/mol. The topological polar surface area (TPSA) is 12.0 Å². The standard InChI is InChI=1S/C12H17NS/c1-2-12(10-3-4-10)11-9(5-7-13-12)6-8-14-11/h6,8,10,13H,2-5,7H2,1H3. The van der Waals surface area contributed by atoms with Crippen LogP contribution in [0.25, 0.3) is 0 Å². The molecule has 0 saturated heterocycles. The highest BCUT2D eigenvalue weighted by atomic mass is 32.1. The third-order valence-corrected chi connectivity index (χ3v) is 4.95. The van der Waals surface area contributed by atoms with E-state index < -0.39 is 0 Å². The molecule has 1 atom stereocenters. The lowest BCUT2D eigenvalue weighted by Crippen LogP contribution is -2.47. The van der Waals surface area contributed by atoms with E-state index in [4.69, 9.17) is 0 Å². The van der Waals surface area contributed by atoms with Crippen molar-refractivity contribution < 1.29 is 0 Å². The summed E-state index contributed by atoms with van der Waals surface area (Å²) in [5.41, 5.74) is 1.98. The number of thiophene rings is 1. The van der Waals surface area contributed by atoms with Crippen molar-refractivity contribution in [1.29, 1.82) is 0 Å². The summed E-state index contributed by atoms with van der Waals surface area (Å²) in [6.07, 6.45) is 5.34. The minimum atomic E-state index is 0.363. The zero-order chi connectivity index (χ0) is 9.60. The average Bonchev–Trinajstić information content (AvgIpc) is 2.96. The Bertz CT molecular complexity index is 340. The second-order valence-corrected chi connectivity index (χ2v) is 5.47. The smallest absolute Gasteiger partial charge is 0.0557 e. The molecule has 1 aromatic heterocycles. The molecular formula is C12H17NS. The van der Waals surface area contributed by atoms with Crippen LogP contribution in [-0.2, 0) is 12.0 Å². The van der Waals surface area contributed by atoms with Gasteiger partial charge in [-0.1, -0.05) is 6.92 Å². The molecule has 1 aliphatic heterocycles. The molecule has 1 aromatic rings. The van der Waals surface area contributed by atoms with Gasteiger partial charge in [-0.25, -0.2) is 0 Å². The van der Waals surface area contributed by atoms with Crippen LogP contribution in [0.2, 0.25) is 0 Å². The van der Waals surface area contributed by atoms with Crippen LogP contribution in [0.3, 0.4) is 0 Å². The molecule has 1 fully saturated rings. The predicted octanol–water partition coefficient (Wildman–Crippen LogP) is 2.91. The maximum Gasteiger partial charge on any atom is 0.0557 e. The second kappa shape index (κ2) is 3.07. The lowest BCUT2D eigenvalue weighted by atomic mass is 9.83. The fourth-order valence-electron chi connectivity index (χ4n) is 2.90. The van der Waals surface area contributed by atoms with Crippen LogP contribution in [0.1, 0.15) is 36.6 Å². The first kappa shape index (κ1) is 8.93. The van der Waals surface area contributed by atoms with Gasteiger partial charge in [0.15, 0.2) is 0 Å². The molecule has 3 rings (SSSR count). The summed E-state index contributed by atoms with van der Waals surface area (Å²) in [4.78, 5) is 1.65. The van der Waals surface area contributed by atoms with Crippen molar-refractivity contribution in [2.75, 3.05) is 6.54 Å². The molecule has 1 saturated carbocycles. The van der Waals surface area contributed by atoms with Crippen molar-refractivity contribution in [2.45, 2.75) is 38.1 Å². The van der Waals surface area contributed by atoms with Gasteiger partial charge < -0.3 is 5.32 Å². The molecule has 1 nitrogen and oxygen atoms in total. The van der Waals surface area contributed by atoms with Crippen molar-refractivity contribution in [3.63, 3.8) is 0 Å². The third-order valence-electron chi connectivity index (χ3n) is 3.82. The molecule has 0 bridgehead atoms. The van der Waals surface area contributed by atoms with E-state index in [2.05, 4.69) is 23.7 Å². The molecule has 76 valence electrons. The van der Waals surface area contributed by atoms with Crippen molar-refractivity contribution in [1.82, 2.24) is 5.32 Å². The SMILES string of the molecule is CCC1(C2CC2)NCCc2ccsc21. The Kier molecular flexibility index (Phi) is 1.96. The molecule has 2 aliphatic rings. The minimum absolute atomic E-state index is 0.363. The minimum Gasteiger partial charge on any atom is -0.306 e. The Morgan fingerprint density at radius 3 is 3.14 bits per heavy atom. The highest BCUT2D eigenvalue weighted by Crippen LogP contribution is 2.51. The van der Waals surface area contributed by atoms with E-state index in [9.17, 15) is 0 Å². The molecule has 0 spiro atoms. The first-order chi connectivity index (χ1) is 6.87. The maximum absolute atomic E-state index is 3.80. The molecule has 0 aromatic carbocycles. The predicted molar refractivity (Wildman–Crippen MR) is 60.7 cm³/mol. The Labute approximate surface area is 89.5 Å². The van der Waals surface area contributed by atoms with Crippen molar-refractivity contribution in [2.24, 2.45) is 5.92 Å². The van der Waals surface area contributed by atoms with Crippen molar-refractivity contribution >= 4 is 11.3 Å². The van der Waals surface area contributed by atoms with Crippen LogP contribution in [0.5, 0.6) is 0 Å². The molecule has 2 heteroatoms. The van der Waals surface area contributed by atoms with Crippen LogP contribution < -0.4 is 5.32 Å². The van der Waals surface area contributed by atoms with E-state index in [0.717, 1.165) is 5.92 Å². The van der Waals surface area contributed by atoms with Gasteiger partial charge in [-0.05, 0) is 48.6 Å². The fourth-order valence-corrected chi connectivity index (χ4v) is 4.19. The highest BCUT2D eigenvalue weighted by molar-refractivity contribution is 7.10. The number of hydrogen-bond donors (Lipinski definition) is 1. The molecule has 0 amide bonds. The van der Waals surface area contributed by atoms with Gasteiger partial charge in [0.25, 0.3) is 0 Å². The van der Waals surface area contributed by atoms with Gasteiger partial charge in [0.1, 0.15) is 0 Å². The Morgan fingerprint density at radius 1 is 1.57 bits per heavy atom. The summed E-state index contributed by atoms with van der Waals surface area (Å²) in [5, 5.41) is 6.07. The normalized spacial score (nSPS) is 31.5. The van der Waals surface area contributed by atoms with Crippen molar-refractivity contribution in [3.8, 4) is 0 Å². The number of rotatable bonds is 2. The van der Waals surface area contributed by atoms with Crippen molar-refractivity contribution in [3.05, 3.63) is 21.9 Å². The third kappa shape index (κ3) is 1.10. The average molecular weight is 207 g/mol. The van der Waals surface area contributed by atoms with Gasteiger partial charge >= 0.3 is 0 Å². The summed E-state index contributed by atoms with van der Waals surface area (Å²) >= 11 is 1.96. The first-order valence-electron chi connectivity index (χ1n) is 5.68. The number of nitrogens with one attached hydrogen (secondary N) is 1. The number of hydrogen-bond acceptors (Lipinski definition) is 2. The van der Waals surface area contributed by atoms with Gasteiger partial charge in [-0.15, -0.1) is 11.3 Å². The van der Waals surface area contributed by atoms with Crippen LogP contribution in [-0.4, -0.2) is 6.54 Å². The lowest BCUT2D eigenvalue weighted by molar-refractivity contribution is 0.269. The second-order valence-electron chi connectivity index (χ2n) is 4.55. The van der Waals surface area contributed by atoms with Gasteiger partial charge in [0.05, 0.1) is 5.54 Å². The molecule has 1 unspecified atom stereocenters. The molecular weight excluding hydrogens is 190 g/mol. The summed E-state index contributed by atoms with van der Waals surface area (Å²) in [7, 11) is 0. The van der Waals surface area contributed by atoms with E-state index in [1.165, 1.54) is 32.2 Å². The van der Waals surface area contributed by atoms with E-state index in [0.29, 0.717) is 5.54 Å². The van der Waals surface area contributed by atoms with Gasteiger partial charge in [-0.2, -0.15) is 0 Å². The van der Waals surface area contributed by atoms with Gasteiger partial charge in [0, 0.05) is 11.4 Å². The lowest BCUT2D eigenvalue weighted by Gasteiger charge is -2.38. The number of fused-ring (bicyclic) bond motifs is 1. The fraction of sp³-hybridized carbons (Fsp3) is 0.667. The summed E-state index contributed by atoms with van der Waals surface area (Å²) < 4.78 is 0. The van der Waals surface area contributed by atoms with E-state index in [1.807, 2.05) is 11.3 Å². The quantitative estimate of drug-likeness (QED) is 0.786. The van der Waals surface area contributed by atoms with Gasteiger partial charge in [-0.3, -0.25) is 0 Å². The Morgan fingerprint density at radius 2 is 2.43 bits per heavy atom. The summed E-state index contributed by atoms with van der Waals surface area (Å²) in [6.45, 7) is 3.51. The molecule has 14 heavy (non-hydrogen) atoms. The Hall–Kier alpha value is -0.340. The highest BCUT2D eigenvalue weighted by Gasteiger charge is 2.47. The van der Waals surface area contributed by atoms with E-state index >= 15 is 0 Å². The largest absolute Gasteiger partial charge is 0.306 e. The van der Waals surface area contributed by atoms with Crippen LogP contribution >= 0.6 is 11.3 Å². The van der Waals surface area contributed by atoms with Gasteiger partial charge in [0.2, 0.25) is 0 Å².